The van der Waals surface area contributed by atoms with Gasteiger partial charge in [0.15, 0.2) is 0 Å². The molecule has 2 N–H and O–H groups in total. The molecule has 0 aromatic carbocycles. The van der Waals surface area contributed by atoms with Gasteiger partial charge in [0.05, 0.1) is 0 Å². The van der Waals surface area contributed by atoms with Gasteiger partial charge in [-0.15, -0.1) is 12.4 Å². The summed E-state index contributed by atoms with van der Waals surface area (Å²) in [6.07, 6.45) is 9.91. The first-order valence-electron chi connectivity index (χ1n) is 8.23. The molecule has 2 aliphatic rings. The molecule has 4 heteroatoms. The number of carbonyl (C=O) groups excluding carboxylic acids is 1. The molecule has 2 rings (SSSR count). The van der Waals surface area contributed by atoms with Crippen LogP contribution in [0.15, 0.2) is 0 Å². The van der Waals surface area contributed by atoms with Crippen molar-refractivity contribution in [3.8, 4) is 0 Å². The van der Waals surface area contributed by atoms with Crippen molar-refractivity contribution < 1.29 is 4.79 Å². The standard InChI is InChI=1S/C16H30N2O.ClH/c1-2-3-4-13-5-7-15(8-6-13)16(19)18-10-9-14(11-17)12-18;/h13-15H,2-12,17H2,1H3;1H. The molecule has 1 heterocycles. The molecular weight excluding hydrogens is 272 g/mol. The van der Waals surface area contributed by atoms with E-state index < -0.39 is 0 Å². The number of amides is 1. The molecule has 1 atom stereocenters. The van der Waals surface area contributed by atoms with Crippen LogP contribution < -0.4 is 5.73 Å². The van der Waals surface area contributed by atoms with Gasteiger partial charge in [-0.05, 0) is 50.5 Å². The van der Waals surface area contributed by atoms with E-state index in [1.807, 2.05) is 0 Å². The zero-order chi connectivity index (χ0) is 13.7. The van der Waals surface area contributed by atoms with Crippen LogP contribution in [0.3, 0.4) is 0 Å². The molecule has 1 unspecified atom stereocenters. The molecule has 1 aliphatic carbocycles. The Kier molecular flexibility index (Phi) is 7.90. The van der Waals surface area contributed by atoms with E-state index in [2.05, 4.69) is 11.8 Å². The second-order valence-corrected chi connectivity index (χ2v) is 6.53. The molecule has 3 nitrogen and oxygen atoms in total. The molecule has 0 aromatic heterocycles. The molecule has 1 aliphatic heterocycles. The molecule has 1 amide bonds. The zero-order valence-electron chi connectivity index (χ0n) is 12.9. The molecule has 20 heavy (non-hydrogen) atoms. The first kappa shape index (κ1) is 17.8. The van der Waals surface area contributed by atoms with Crippen LogP contribution in [0.4, 0.5) is 0 Å². The third-order valence-corrected chi connectivity index (χ3v) is 5.09. The Bertz CT molecular complexity index is 290. The minimum Gasteiger partial charge on any atom is -0.342 e. The number of nitrogens with two attached hydrogens (primary N) is 1. The summed E-state index contributed by atoms with van der Waals surface area (Å²) >= 11 is 0. The Morgan fingerprint density at radius 3 is 2.40 bits per heavy atom. The lowest BCUT2D eigenvalue weighted by molar-refractivity contribution is -0.135. The quantitative estimate of drug-likeness (QED) is 0.847. The Morgan fingerprint density at radius 1 is 1.15 bits per heavy atom. The summed E-state index contributed by atoms with van der Waals surface area (Å²) < 4.78 is 0. The highest BCUT2D eigenvalue weighted by molar-refractivity contribution is 5.85. The van der Waals surface area contributed by atoms with Crippen molar-refractivity contribution in [1.82, 2.24) is 4.90 Å². The third-order valence-electron chi connectivity index (χ3n) is 5.09. The highest BCUT2D eigenvalue weighted by Crippen LogP contribution is 2.33. The van der Waals surface area contributed by atoms with Crippen LogP contribution in [0.1, 0.15) is 58.3 Å². The van der Waals surface area contributed by atoms with Gasteiger partial charge in [-0.2, -0.15) is 0 Å². The summed E-state index contributed by atoms with van der Waals surface area (Å²) in [5.41, 5.74) is 5.70. The summed E-state index contributed by atoms with van der Waals surface area (Å²) in [5, 5.41) is 0. The number of rotatable bonds is 5. The molecule has 2 fully saturated rings. The van der Waals surface area contributed by atoms with Crippen molar-refractivity contribution in [1.29, 1.82) is 0 Å². The summed E-state index contributed by atoms with van der Waals surface area (Å²) in [6, 6.07) is 0. The van der Waals surface area contributed by atoms with Crippen molar-refractivity contribution >= 4 is 18.3 Å². The molecule has 1 saturated heterocycles. The van der Waals surface area contributed by atoms with Gasteiger partial charge in [0.25, 0.3) is 0 Å². The van der Waals surface area contributed by atoms with E-state index in [1.54, 1.807) is 0 Å². The average Bonchev–Trinajstić information content (AvgIpc) is 2.94. The third kappa shape index (κ3) is 4.63. The van der Waals surface area contributed by atoms with Gasteiger partial charge in [0.2, 0.25) is 5.91 Å². The van der Waals surface area contributed by atoms with Crippen LogP contribution >= 0.6 is 12.4 Å². The first-order valence-corrected chi connectivity index (χ1v) is 8.23. The fraction of sp³-hybridized carbons (Fsp3) is 0.938. The number of likely N-dealkylation sites (tertiary alicyclic amines) is 1. The molecule has 1 saturated carbocycles. The predicted octanol–water partition coefficient (Wildman–Crippen LogP) is 3.21. The number of unbranched alkanes of at least 4 members (excludes halogenated alkanes) is 1. The highest BCUT2D eigenvalue weighted by Gasteiger charge is 2.32. The van der Waals surface area contributed by atoms with Crippen LogP contribution in [-0.4, -0.2) is 30.4 Å². The summed E-state index contributed by atoms with van der Waals surface area (Å²) in [7, 11) is 0. The van der Waals surface area contributed by atoms with E-state index in [0.717, 1.165) is 44.8 Å². The Hall–Kier alpha value is -0.280. The van der Waals surface area contributed by atoms with E-state index in [-0.39, 0.29) is 12.4 Å². The predicted molar refractivity (Wildman–Crippen MR) is 86.0 cm³/mol. The van der Waals surface area contributed by atoms with Crippen molar-refractivity contribution in [2.24, 2.45) is 23.5 Å². The topological polar surface area (TPSA) is 46.3 Å². The number of hydrogen-bond acceptors (Lipinski definition) is 2. The van der Waals surface area contributed by atoms with E-state index in [4.69, 9.17) is 5.73 Å². The average molecular weight is 303 g/mol. The van der Waals surface area contributed by atoms with Crippen LogP contribution in [0.2, 0.25) is 0 Å². The normalized spacial score (nSPS) is 30.1. The van der Waals surface area contributed by atoms with Gasteiger partial charge in [-0.25, -0.2) is 0 Å². The molecule has 0 bridgehead atoms. The SMILES string of the molecule is CCCCC1CCC(C(=O)N2CCC(CN)C2)CC1.Cl. The Balaban J connectivity index is 0.00000200. The molecular formula is C16H31ClN2O. The van der Waals surface area contributed by atoms with E-state index in [0.29, 0.717) is 17.7 Å². The molecule has 0 radical (unpaired) electrons. The van der Waals surface area contributed by atoms with Crippen molar-refractivity contribution in [2.75, 3.05) is 19.6 Å². The lowest BCUT2D eigenvalue weighted by atomic mass is 9.79. The molecule has 0 aromatic rings. The van der Waals surface area contributed by atoms with Gasteiger partial charge in [-0.3, -0.25) is 4.79 Å². The maximum Gasteiger partial charge on any atom is 0.225 e. The minimum atomic E-state index is 0. The molecule has 118 valence electrons. The van der Waals surface area contributed by atoms with Gasteiger partial charge in [-0.1, -0.05) is 26.2 Å². The van der Waals surface area contributed by atoms with E-state index in [1.165, 1.54) is 32.1 Å². The van der Waals surface area contributed by atoms with E-state index >= 15 is 0 Å². The zero-order valence-corrected chi connectivity index (χ0v) is 13.7. The van der Waals surface area contributed by atoms with Crippen molar-refractivity contribution in [3.05, 3.63) is 0 Å². The van der Waals surface area contributed by atoms with Gasteiger partial charge >= 0.3 is 0 Å². The van der Waals surface area contributed by atoms with E-state index in [9.17, 15) is 4.79 Å². The fourth-order valence-electron chi connectivity index (χ4n) is 3.67. The number of halogens is 1. The lowest BCUT2D eigenvalue weighted by Crippen LogP contribution is -2.36. The highest BCUT2D eigenvalue weighted by atomic mass is 35.5. The summed E-state index contributed by atoms with van der Waals surface area (Å²) in [4.78, 5) is 14.5. The fourth-order valence-corrected chi connectivity index (χ4v) is 3.67. The molecule has 0 spiro atoms. The van der Waals surface area contributed by atoms with Gasteiger partial charge < -0.3 is 10.6 Å². The first-order chi connectivity index (χ1) is 9.24. The second-order valence-electron chi connectivity index (χ2n) is 6.53. The maximum absolute atomic E-state index is 12.5. The lowest BCUT2D eigenvalue weighted by Gasteiger charge is -2.30. The van der Waals surface area contributed by atoms with Crippen LogP contribution in [0, 0.1) is 17.8 Å². The van der Waals surface area contributed by atoms with Crippen molar-refractivity contribution in [3.63, 3.8) is 0 Å². The minimum absolute atomic E-state index is 0. The van der Waals surface area contributed by atoms with Gasteiger partial charge in [0.1, 0.15) is 0 Å². The van der Waals surface area contributed by atoms with Crippen molar-refractivity contribution in [2.45, 2.75) is 58.3 Å². The monoisotopic (exact) mass is 302 g/mol. The summed E-state index contributed by atoms with van der Waals surface area (Å²) in [6.45, 7) is 4.84. The second kappa shape index (κ2) is 8.89. The Labute approximate surface area is 130 Å². The number of nitrogens with zero attached hydrogens (tertiary/aromatic N) is 1. The number of hydrogen-bond donors (Lipinski definition) is 1. The van der Waals surface area contributed by atoms with Crippen LogP contribution in [0.25, 0.3) is 0 Å². The summed E-state index contributed by atoms with van der Waals surface area (Å²) in [5.74, 6) is 2.17. The largest absolute Gasteiger partial charge is 0.342 e. The van der Waals surface area contributed by atoms with Crippen LogP contribution in [0.5, 0.6) is 0 Å². The van der Waals surface area contributed by atoms with Crippen LogP contribution in [-0.2, 0) is 4.79 Å². The van der Waals surface area contributed by atoms with Gasteiger partial charge in [0, 0.05) is 19.0 Å². The maximum atomic E-state index is 12.5. The smallest absolute Gasteiger partial charge is 0.225 e. The Morgan fingerprint density at radius 2 is 1.85 bits per heavy atom. The number of carbonyl (C=O) groups is 1.